The standard InChI is InChI=1S/C19H20FN3O2S/c1-13-4-9-17(12-14(13)2)26(24,25)22-18(19-21-10-11-23(19)3)15-5-7-16(20)8-6-15/h4-12,18,22H,1-3H3. The summed E-state index contributed by atoms with van der Waals surface area (Å²) < 4.78 is 43.6. The van der Waals surface area contributed by atoms with Gasteiger partial charge in [0, 0.05) is 19.4 Å². The van der Waals surface area contributed by atoms with Crippen LogP contribution in [0.1, 0.15) is 28.6 Å². The minimum absolute atomic E-state index is 0.182. The molecule has 0 aliphatic carbocycles. The van der Waals surface area contributed by atoms with Crippen molar-refractivity contribution in [3.63, 3.8) is 0 Å². The van der Waals surface area contributed by atoms with Crippen molar-refractivity contribution in [3.05, 3.63) is 83.2 Å². The Morgan fingerprint density at radius 3 is 2.35 bits per heavy atom. The van der Waals surface area contributed by atoms with E-state index in [1.54, 1.807) is 54.3 Å². The second-order valence-corrected chi connectivity index (χ2v) is 7.96. The Labute approximate surface area is 152 Å². The summed E-state index contributed by atoms with van der Waals surface area (Å²) in [6.45, 7) is 3.79. The van der Waals surface area contributed by atoms with Crippen LogP contribution in [0.4, 0.5) is 4.39 Å². The highest BCUT2D eigenvalue weighted by Gasteiger charge is 2.26. The third-order valence-corrected chi connectivity index (χ3v) is 5.80. The first-order valence-electron chi connectivity index (χ1n) is 8.10. The predicted octanol–water partition coefficient (Wildman–Crippen LogP) is 3.24. The Hall–Kier alpha value is -2.51. The fourth-order valence-electron chi connectivity index (χ4n) is 2.68. The number of hydrogen-bond donors (Lipinski definition) is 1. The Bertz CT molecular complexity index is 1030. The Balaban J connectivity index is 2.03. The summed E-state index contributed by atoms with van der Waals surface area (Å²) in [6, 6.07) is 9.96. The molecule has 3 rings (SSSR count). The summed E-state index contributed by atoms with van der Waals surface area (Å²) in [6.07, 6.45) is 3.33. The number of nitrogens with one attached hydrogen (secondary N) is 1. The van der Waals surface area contributed by atoms with Gasteiger partial charge in [0.1, 0.15) is 17.7 Å². The van der Waals surface area contributed by atoms with Gasteiger partial charge in [0.05, 0.1) is 4.90 Å². The number of hydrogen-bond acceptors (Lipinski definition) is 3. The monoisotopic (exact) mass is 373 g/mol. The van der Waals surface area contributed by atoms with Crippen LogP contribution in [0, 0.1) is 19.7 Å². The molecule has 0 aliphatic heterocycles. The molecule has 136 valence electrons. The maximum Gasteiger partial charge on any atom is 0.241 e. The first kappa shape index (κ1) is 18.3. The molecule has 1 unspecified atom stereocenters. The summed E-state index contributed by atoms with van der Waals surface area (Å²) >= 11 is 0. The molecule has 1 aromatic heterocycles. The highest BCUT2D eigenvalue weighted by Crippen LogP contribution is 2.24. The quantitative estimate of drug-likeness (QED) is 0.747. The van der Waals surface area contributed by atoms with E-state index in [0.717, 1.165) is 11.1 Å². The van der Waals surface area contributed by atoms with Gasteiger partial charge < -0.3 is 4.57 Å². The van der Waals surface area contributed by atoms with Gasteiger partial charge in [-0.15, -0.1) is 0 Å². The first-order valence-corrected chi connectivity index (χ1v) is 9.58. The summed E-state index contributed by atoms with van der Waals surface area (Å²) in [5, 5.41) is 0. The largest absolute Gasteiger partial charge is 0.336 e. The lowest BCUT2D eigenvalue weighted by Gasteiger charge is -2.19. The number of nitrogens with zero attached hydrogens (tertiary/aromatic N) is 2. The number of rotatable bonds is 5. The lowest BCUT2D eigenvalue weighted by molar-refractivity contribution is 0.562. The second kappa shape index (κ2) is 7.01. The normalized spacial score (nSPS) is 12.9. The Kier molecular flexibility index (Phi) is 4.93. The van der Waals surface area contributed by atoms with E-state index >= 15 is 0 Å². The van der Waals surface area contributed by atoms with Crippen LogP contribution in [0.2, 0.25) is 0 Å². The minimum Gasteiger partial charge on any atom is -0.336 e. The van der Waals surface area contributed by atoms with Crippen molar-refractivity contribution in [1.82, 2.24) is 14.3 Å². The summed E-state index contributed by atoms with van der Waals surface area (Å²) in [5.74, 6) is 0.133. The number of sulfonamides is 1. The molecule has 0 radical (unpaired) electrons. The van der Waals surface area contributed by atoms with Crippen molar-refractivity contribution >= 4 is 10.0 Å². The van der Waals surface area contributed by atoms with E-state index in [1.807, 2.05) is 13.8 Å². The lowest BCUT2D eigenvalue weighted by Crippen LogP contribution is -2.31. The van der Waals surface area contributed by atoms with E-state index < -0.39 is 16.1 Å². The van der Waals surface area contributed by atoms with Crippen molar-refractivity contribution in [3.8, 4) is 0 Å². The van der Waals surface area contributed by atoms with Gasteiger partial charge in [0.25, 0.3) is 0 Å². The van der Waals surface area contributed by atoms with Crippen LogP contribution < -0.4 is 4.72 Å². The highest BCUT2D eigenvalue weighted by atomic mass is 32.2. The molecule has 0 fully saturated rings. The Morgan fingerprint density at radius 2 is 1.77 bits per heavy atom. The average Bonchev–Trinajstić information content (AvgIpc) is 3.02. The smallest absolute Gasteiger partial charge is 0.241 e. The van der Waals surface area contributed by atoms with Crippen molar-refractivity contribution < 1.29 is 12.8 Å². The minimum atomic E-state index is -3.80. The van der Waals surface area contributed by atoms with Gasteiger partial charge in [-0.1, -0.05) is 18.2 Å². The van der Waals surface area contributed by atoms with Gasteiger partial charge >= 0.3 is 0 Å². The summed E-state index contributed by atoms with van der Waals surface area (Å²) in [7, 11) is -2.02. The van der Waals surface area contributed by atoms with E-state index in [0.29, 0.717) is 11.4 Å². The van der Waals surface area contributed by atoms with E-state index in [2.05, 4.69) is 9.71 Å². The van der Waals surface area contributed by atoms with Crippen molar-refractivity contribution in [2.24, 2.45) is 7.05 Å². The van der Waals surface area contributed by atoms with Gasteiger partial charge in [0.15, 0.2) is 0 Å². The number of aryl methyl sites for hydroxylation is 3. The van der Waals surface area contributed by atoms with Crippen LogP contribution in [0.5, 0.6) is 0 Å². The summed E-state index contributed by atoms with van der Waals surface area (Å²) in [5.41, 5.74) is 2.51. The van der Waals surface area contributed by atoms with Crippen LogP contribution in [0.25, 0.3) is 0 Å². The molecular formula is C19H20FN3O2S. The average molecular weight is 373 g/mol. The Morgan fingerprint density at radius 1 is 1.08 bits per heavy atom. The predicted molar refractivity (Wildman–Crippen MR) is 97.7 cm³/mol. The van der Waals surface area contributed by atoms with Crippen LogP contribution >= 0.6 is 0 Å². The molecule has 5 nitrogen and oxygen atoms in total. The molecule has 3 aromatic rings. The number of halogens is 1. The van der Waals surface area contributed by atoms with Crippen molar-refractivity contribution in [2.75, 3.05) is 0 Å². The van der Waals surface area contributed by atoms with Crippen LogP contribution in [0.3, 0.4) is 0 Å². The maximum absolute atomic E-state index is 13.3. The third-order valence-electron chi connectivity index (χ3n) is 4.38. The molecule has 0 bridgehead atoms. The molecule has 7 heteroatoms. The lowest BCUT2D eigenvalue weighted by atomic mass is 10.1. The van der Waals surface area contributed by atoms with Gasteiger partial charge in [0.2, 0.25) is 10.0 Å². The summed E-state index contributed by atoms with van der Waals surface area (Å²) in [4.78, 5) is 4.45. The molecular weight excluding hydrogens is 353 g/mol. The molecule has 1 atom stereocenters. The maximum atomic E-state index is 13.3. The van der Waals surface area contributed by atoms with Gasteiger partial charge in [-0.05, 0) is 54.8 Å². The van der Waals surface area contributed by atoms with E-state index in [1.165, 1.54) is 12.1 Å². The van der Waals surface area contributed by atoms with Crippen molar-refractivity contribution in [1.29, 1.82) is 0 Å². The van der Waals surface area contributed by atoms with Gasteiger partial charge in [-0.2, -0.15) is 4.72 Å². The second-order valence-electron chi connectivity index (χ2n) is 6.25. The molecule has 0 saturated carbocycles. The molecule has 26 heavy (non-hydrogen) atoms. The third kappa shape index (κ3) is 3.68. The highest BCUT2D eigenvalue weighted by molar-refractivity contribution is 7.89. The van der Waals surface area contributed by atoms with Gasteiger partial charge in [-0.3, -0.25) is 0 Å². The fraction of sp³-hybridized carbons (Fsp3) is 0.211. The topological polar surface area (TPSA) is 64.0 Å². The zero-order valence-electron chi connectivity index (χ0n) is 14.8. The molecule has 1 heterocycles. The van der Waals surface area contributed by atoms with Gasteiger partial charge in [-0.25, -0.2) is 17.8 Å². The van der Waals surface area contributed by atoms with Crippen molar-refractivity contribution in [2.45, 2.75) is 24.8 Å². The zero-order valence-corrected chi connectivity index (χ0v) is 15.6. The molecule has 1 N–H and O–H groups in total. The van der Waals surface area contributed by atoms with Crippen LogP contribution in [-0.4, -0.2) is 18.0 Å². The zero-order chi connectivity index (χ0) is 18.9. The molecule has 0 amide bonds. The molecule has 2 aromatic carbocycles. The number of benzene rings is 2. The molecule has 0 spiro atoms. The molecule has 0 saturated heterocycles. The van der Waals surface area contributed by atoms with E-state index in [-0.39, 0.29) is 10.7 Å². The first-order chi connectivity index (χ1) is 12.3. The van der Waals surface area contributed by atoms with Crippen LogP contribution in [-0.2, 0) is 17.1 Å². The number of imidazole rings is 1. The fourth-order valence-corrected chi connectivity index (χ4v) is 3.95. The molecule has 0 aliphatic rings. The van der Waals surface area contributed by atoms with Crippen LogP contribution in [0.15, 0.2) is 59.8 Å². The SMILES string of the molecule is Cc1ccc(S(=O)(=O)NC(c2ccc(F)cc2)c2nccn2C)cc1C. The van der Waals surface area contributed by atoms with E-state index in [4.69, 9.17) is 0 Å². The number of aromatic nitrogens is 2. The van der Waals surface area contributed by atoms with E-state index in [9.17, 15) is 12.8 Å².